The third-order valence-corrected chi connectivity index (χ3v) is 5.67. The van der Waals surface area contributed by atoms with Crippen molar-refractivity contribution in [1.29, 1.82) is 0 Å². The first kappa shape index (κ1) is 15.9. The van der Waals surface area contributed by atoms with Gasteiger partial charge in [-0.25, -0.2) is 4.79 Å². The molecule has 1 saturated heterocycles. The van der Waals surface area contributed by atoms with Crippen molar-refractivity contribution in [2.45, 2.75) is 25.8 Å². The van der Waals surface area contributed by atoms with Gasteiger partial charge in [-0.3, -0.25) is 4.90 Å². The SMILES string of the molecule is CN1CC[NH+](Cc2c([O-])c(Cl)cc3c4c(c(=O)oc23)CCC4)CC1. The molecule has 2 aromatic rings. The summed E-state index contributed by atoms with van der Waals surface area (Å²) in [6.07, 6.45) is 2.56. The lowest BCUT2D eigenvalue weighted by Crippen LogP contribution is -3.13. The highest BCUT2D eigenvalue weighted by Gasteiger charge is 2.24. The molecule has 1 aromatic carbocycles. The predicted molar refractivity (Wildman–Crippen MR) is 90.9 cm³/mol. The fourth-order valence-electron chi connectivity index (χ4n) is 3.95. The first-order chi connectivity index (χ1) is 11.5. The van der Waals surface area contributed by atoms with Gasteiger partial charge >= 0.3 is 5.63 Å². The van der Waals surface area contributed by atoms with Crippen LogP contribution in [0.3, 0.4) is 0 Å². The van der Waals surface area contributed by atoms with E-state index in [9.17, 15) is 9.90 Å². The molecule has 1 aromatic heterocycles. The Morgan fingerprint density at radius 3 is 2.75 bits per heavy atom. The van der Waals surface area contributed by atoms with Gasteiger partial charge in [0.15, 0.2) is 0 Å². The largest absolute Gasteiger partial charge is 0.871 e. The highest BCUT2D eigenvalue weighted by Crippen LogP contribution is 2.36. The van der Waals surface area contributed by atoms with Gasteiger partial charge < -0.3 is 14.4 Å². The number of piperazine rings is 1. The van der Waals surface area contributed by atoms with Crippen LogP contribution in [0.4, 0.5) is 0 Å². The summed E-state index contributed by atoms with van der Waals surface area (Å²) in [5.74, 6) is -0.198. The lowest BCUT2D eigenvalue weighted by atomic mass is 10.0. The van der Waals surface area contributed by atoms with Crippen LogP contribution in [0.1, 0.15) is 23.1 Å². The number of quaternary nitrogens is 1. The summed E-state index contributed by atoms with van der Waals surface area (Å²) in [5.41, 5.74) is 2.52. The first-order valence-electron chi connectivity index (χ1n) is 8.53. The Morgan fingerprint density at radius 2 is 2.00 bits per heavy atom. The maximum Gasteiger partial charge on any atom is 0.339 e. The number of nitrogens with zero attached hydrogens (tertiary/aromatic N) is 1. The zero-order chi connectivity index (χ0) is 16.8. The van der Waals surface area contributed by atoms with Crippen LogP contribution in [-0.2, 0) is 19.4 Å². The fourth-order valence-corrected chi connectivity index (χ4v) is 4.17. The van der Waals surface area contributed by atoms with Crippen LogP contribution in [0.2, 0.25) is 5.02 Å². The summed E-state index contributed by atoms with van der Waals surface area (Å²) in [6.45, 7) is 4.51. The van der Waals surface area contributed by atoms with Crippen molar-refractivity contribution >= 4 is 22.6 Å². The van der Waals surface area contributed by atoms with Crippen molar-refractivity contribution in [1.82, 2.24) is 4.90 Å². The minimum Gasteiger partial charge on any atom is -0.871 e. The van der Waals surface area contributed by atoms with Gasteiger partial charge in [-0.1, -0.05) is 17.4 Å². The van der Waals surface area contributed by atoms with Gasteiger partial charge in [0.25, 0.3) is 0 Å². The molecule has 5 nitrogen and oxygen atoms in total. The number of likely N-dealkylation sites (N-methyl/N-ethyl adjacent to an activating group) is 1. The Balaban J connectivity index is 1.83. The molecule has 0 amide bonds. The van der Waals surface area contributed by atoms with E-state index in [-0.39, 0.29) is 16.4 Å². The minimum absolute atomic E-state index is 0.198. The molecule has 1 aliphatic heterocycles. The number of halogens is 1. The van der Waals surface area contributed by atoms with Crippen molar-refractivity contribution in [3.8, 4) is 5.75 Å². The Bertz CT molecular complexity index is 854. The van der Waals surface area contributed by atoms with Crippen LogP contribution in [0.25, 0.3) is 11.0 Å². The van der Waals surface area contributed by atoms with Gasteiger partial charge in [-0.05, 0) is 37.9 Å². The monoisotopic (exact) mass is 348 g/mol. The summed E-state index contributed by atoms with van der Waals surface area (Å²) >= 11 is 6.23. The number of hydrogen-bond acceptors (Lipinski definition) is 4. The molecule has 0 atom stereocenters. The molecule has 128 valence electrons. The molecule has 1 fully saturated rings. The molecular weight excluding hydrogens is 328 g/mol. The van der Waals surface area contributed by atoms with Crippen LogP contribution in [0.15, 0.2) is 15.3 Å². The summed E-state index contributed by atoms with van der Waals surface area (Å²) in [4.78, 5) is 15.9. The van der Waals surface area contributed by atoms with Crippen molar-refractivity contribution < 1.29 is 14.4 Å². The molecule has 6 heteroatoms. The second kappa shape index (κ2) is 6.06. The second-order valence-electron chi connectivity index (χ2n) is 6.97. The predicted octanol–water partition coefficient (Wildman–Crippen LogP) is 0.339. The quantitative estimate of drug-likeness (QED) is 0.795. The molecule has 0 unspecified atom stereocenters. The van der Waals surface area contributed by atoms with E-state index in [0.717, 1.165) is 62.0 Å². The van der Waals surface area contributed by atoms with Crippen molar-refractivity contribution in [3.05, 3.63) is 38.2 Å². The van der Waals surface area contributed by atoms with E-state index in [4.69, 9.17) is 16.0 Å². The second-order valence-corrected chi connectivity index (χ2v) is 7.38. The molecule has 0 saturated carbocycles. The summed E-state index contributed by atoms with van der Waals surface area (Å²) in [6, 6.07) is 1.69. The summed E-state index contributed by atoms with van der Waals surface area (Å²) < 4.78 is 5.60. The maximum absolute atomic E-state index is 12.6. The average Bonchev–Trinajstić information content (AvgIpc) is 3.05. The molecule has 0 spiro atoms. The standard InChI is InChI=1S/C18H21ClN2O3/c1-20-5-7-21(8-6-20)10-14-16(22)15(19)9-13-11-3-2-4-12(11)18(23)24-17(13)14/h9,22H,2-8,10H2,1H3. The van der Waals surface area contributed by atoms with Crippen molar-refractivity contribution in [2.75, 3.05) is 33.2 Å². The molecule has 4 rings (SSSR count). The van der Waals surface area contributed by atoms with Crippen LogP contribution in [0.5, 0.6) is 5.75 Å². The average molecular weight is 349 g/mol. The Labute approximate surface area is 145 Å². The molecule has 1 aliphatic carbocycles. The molecule has 2 heterocycles. The van der Waals surface area contributed by atoms with E-state index in [1.54, 1.807) is 6.07 Å². The van der Waals surface area contributed by atoms with Gasteiger partial charge in [0.05, 0.1) is 13.1 Å². The van der Waals surface area contributed by atoms with Crippen LogP contribution in [0, 0.1) is 0 Å². The normalized spacial score (nSPS) is 19.1. The minimum atomic E-state index is -0.286. The maximum atomic E-state index is 12.6. The summed E-state index contributed by atoms with van der Waals surface area (Å²) in [7, 11) is 2.10. The van der Waals surface area contributed by atoms with Gasteiger partial charge in [0.1, 0.15) is 12.1 Å². The number of fused-ring (bicyclic) bond motifs is 3. The first-order valence-corrected chi connectivity index (χ1v) is 8.91. The Hall–Kier alpha value is -1.56. The highest BCUT2D eigenvalue weighted by atomic mass is 35.5. The Kier molecular flexibility index (Phi) is 4.03. The molecule has 0 radical (unpaired) electrons. The number of benzene rings is 1. The smallest absolute Gasteiger partial charge is 0.339 e. The van der Waals surface area contributed by atoms with Gasteiger partial charge in [0.2, 0.25) is 0 Å². The number of rotatable bonds is 2. The van der Waals surface area contributed by atoms with E-state index in [0.29, 0.717) is 17.7 Å². The number of hydrogen-bond donors (Lipinski definition) is 1. The van der Waals surface area contributed by atoms with Crippen LogP contribution in [-0.4, -0.2) is 38.1 Å². The van der Waals surface area contributed by atoms with E-state index in [2.05, 4.69) is 11.9 Å². The lowest BCUT2D eigenvalue weighted by Gasteiger charge is -2.31. The van der Waals surface area contributed by atoms with Gasteiger partial charge in [-0.15, -0.1) is 0 Å². The third-order valence-electron chi connectivity index (χ3n) is 5.39. The van der Waals surface area contributed by atoms with E-state index in [1.165, 1.54) is 4.90 Å². The number of nitrogens with one attached hydrogen (secondary N) is 1. The zero-order valence-electron chi connectivity index (χ0n) is 13.8. The number of aryl methyl sites for hydroxylation is 1. The van der Waals surface area contributed by atoms with Crippen molar-refractivity contribution in [2.24, 2.45) is 0 Å². The third kappa shape index (κ3) is 2.61. The summed E-state index contributed by atoms with van der Waals surface area (Å²) in [5, 5.41) is 13.7. The van der Waals surface area contributed by atoms with Crippen LogP contribution >= 0.6 is 11.6 Å². The lowest BCUT2D eigenvalue weighted by molar-refractivity contribution is -0.918. The van der Waals surface area contributed by atoms with E-state index >= 15 is 0 Å². The molecule has 0 bridgehead atoms. The fraction of sp³-hybridized carbons (Fsp3) is 0.500. The van der Waals surface area contributed by atoms with Gasteiger partial charge in [-0.2, -0.15) is 0 Å². The van der Waals surface area contributed by atoms with Crippen molar-refractivity contribution in [3.63, 3.8) is 0 Å². The molecule has 1 N–H and O–H groups in total. The van der Waals surface area contributed by atoms with Gasteiger partial charge in [0, 0.05) is 34.6 Å². The van der Waals surface area contributed by atoms with Crippen LogP contribution < -0.4 is 15.6 Å². The van der Waals surface area contributed by atoms with E-state index < -0.39 is 0 Å². The highest BCUT2D eigenvalue weighted by molar-refractivity contribution is 6.33. The van der Waals surface area contributed by atoms with E-state index in [1.807, 2.05) is 0 Å². The molecule has 2 aliphatic rings. The topological polar surface area (TPSA) is 61.0 Å². The molecule has 24 heavy (non-hydrogen) atoms. The Morgan fingerprint density at radius 1 is 1.29 bits per heavy atom. The molecular formula is C18H21ClN2O3. The zero-order valence-corrected chi connectivity index (χ0v) is 14.5.